The van der Waals surface area contributed by atoms with Crippen LogP contribution in [0.4, 0.5) is 4.39 Å². The second kappa shape index (κ2) is 6.69. The molecule has 2 rings (SSSR count). The topological polar surface area (TPSA) is 20.3 Å². The van der Waals surface area contributed by atoms with Crippen LogP contribution in [0.15, 0.2) is 24.3 Å². The van der Waals surface area contributed by atoms with E-state index < -0.39 is 0 Å². The van der Waals surface area contributed by atoms with Crippen molar-refractivity contribution in [1.29, 1.82) is 0 Å². The standard InChI is InChI=1S/C16H22FNO/c1-13(12-14-6-8-15(17)9-7-14)16(19)18-10-4-2-3-5-11-18/h6-9,13H,2-5,10-12H2,1H3. The van der Waals surface area contributed by atoms with Crippen molar-refractivity contribution < 1.29 is 9.18 Å². The van der Waals surface area contributed by atoms with Gasteiger partial charge < -0.3 is 4.90 Å². The van der Waals surface area contributed by atoms with E-state index in [1.807, 2.05) is 11.8 Å². The summed E-state index contributed by atoms with van der Waals surface area (Å²) in [5.41, 5.74) is 1.03. The molecule has 1 aliphatic heterocycles. The number of hydrogen-bond donors (Lipinski definition) is 0. The highest BCUT2D eigenvalue weighted by Gasteiger charge is 2.21. The molecule has 19 heavy (non-hydrogen) atoms. The molecule has 0 aromatic heterocycles. The number of nitrogens with zero attached hydrogens (tertiary/aromatic N) is 1. The maximum atomic E-state index is 12.8. The quantitative estimate of drug-likeness (QED) is 0.818. The van der Waals surface area contributed by atoms with Crippen LogP contribution in [0.3, 0.4) is 0 Å². The first kappa shape index (κ1) is 14.0. The minimum atomic E-state index is -0.227. The van der Waals surface area contributed by atoms with E-state index in [-0.39, 0.29) is 17.6 Å². The number of carbonyl (C=O) groups is 1. The van der Waals surface area contributed by atoms with Gasteiger partial charge in [-0.2, -0.15) is 0 Å². The maximum absolute atomic E-state index is 12.8. The highest BCUT2D eigenvalue weighted by molar-refractivity contribution is 5.78. The van der Waals surface area contributed by atoms with Crippen LogP contribution in [0.25, 0.3) is 0 Å². The molecule has 1 amide bonds. The number of carbonyl (C=O) groups excluding carboxylic acids is 1. The predicted molar refractivity (Wildman–Crippen MR) is 74.3 cm³/mol. The summed E-state index contributed by atoms with van der Waals surface area (Å²) >= 11 is 0. The van der Waals surface area contributed by atoms with Gasteiger partial charge in [-0.3, -0.25) is 4.79 Å². The van der Waals surface area contributed by atoms with Crippen molar-refractivity contribution in [3.05, 3.63) is 35.6 Å². The number of likely N-dealkylation sites (tertiary alicyclic amines) is 1. The molecular weight excluding hydrogens is 241 g/mol. The normalized spacial score (nSPS) is 17.9. The summed E-state index contributed by atoms with van der Waals surface area (Å²) in [4.78, 5) is 14.4. The SMILES string of the molecule is CC(Cc1ccc(F)cc1)C(=O)N1CCCCCC1. The largest absolute Gasteiger partial charge is 0.342 e. The third-order valence-corrected chi connectivity index (χ3v) is 3.79. The summed E-state index contributed by atoms with van der Waals surface area (Å²) in [5, 5.41) is 0. The van der Waals surface area contributed by atoms with Gasteiger partial charge in [0, 0.05) is 19.0 Å². The Morgan fingerprint density at radius 1 is 1.16 bits per heavy atom. The van der Waals surface area contributed by atoms with E-state index in [0.717, 1.165) is 31.5 Å². The third-order valence-electron chi connectivity index (χ3n) is 3.79. The lowest BCUT2D eigenvalue weighted by Crippen LogP contribution is -2.36. The highest BCUT2D eigenvalue weighted by Crippen LogP contribution is 2.16. The monoisotopic (exact) mass is 263 g/mol. The third kappa shape index (κ3) is 4.05. The predicted octanol–water partition coefficient (Wildman–Crippen LogP) is 3.41. The van der Waals surface area contributed by atoms with Crippen LogP contribution in [0.2, 0.25) is 0 Å². The van der Waals surface area contributed by atoms with E-state index in [9.17, 15) is 9.18 Å². The molecule has 1 saturated heterocycles. The minimum Gasteiger partial charge on any atom is -0.342 e. The summed E-state index contributed by atoms with van der Waals surface area (Å²) in [6.07, 6.45) is 5.39. The molecule has 0 aliphatic carbocycles. The van der Waals surface area contributed by atoms with Gasteiger partial charge in [-0.1, -0.05) is 31.9 Å². The van der Waals surface area contributed by atoms with Crippen LogP contribution in [-0.4, -0.2) is 23.9 Å². The number of halogens is 1. The van der Waals surface area contributed by atoms with Crippen molar-refractivity contribution >= 4 is 5.91 Å². The van der Waals surface area contributed by atoms with E-state index in [4.69, 9.17) is 0 Å². The van der Waals surface area contributed by atoms with Crippen LogP contribution < -0.4 is 0 Å². The summed E-state index contributed by atoms with van der Waals surface area (Å²) in [7, 11) is 0. The number of benzene rings is 1. The molecule has 1 atom stereocenters. The molecule has 104 valence electrons. The number of rotatable bonds is 3. The lowest BCUT2D eigenvalue weighted by molar-refractivity contribution is -0.134. The van der Waals surface area contributed by atoms with Gasteiger partial charge in [0.25, 0.3) is 0 Å². The molecule has 1 aromatic rings. The molecule has 1 heterocycles. The van der Waals surface area contributed by atoms with Gasteiger partial charge >= 0.3 is 0 Å². The summed E-state index contributed by atoms with van der Waals surface area (Å²) < 4.78 is 12.8. The number of hydrogen-bond acceptors (Lipinski definition) is 1. The average molecular weight is 263 g/mol. The van der Waals surface area contributed by atoms with Gasteiger partial charge in [0.15, 0.2) is 0 Å². The molecule has 1 unspecified atom stereocenters. The minimum absolute atomic E-state index is 0.0245. The summed E-state index contributed by atoms with van der Waals surface area (Å²) in [6.45, 7) is 3.76. The van der Waals surface area contributed by atoms with Crippen molar-refractivity contribution in [2.24, 2.45) is 5.92 Å². The van der Waals surface area contributed by atoms with E-state index in [1.165, 1.54) is 25.0 Å². The Hall–Kier alpha value is -1.38. The van der Waals surface area contributed by atoms with E-state index in [1.54, 1.807) is 12.1 Å². The first-order valence-corrected chi connectivity index (χ1v) is 7.20. The molecule has 0 bridgehead atoms. The molecule has 0 radical (unpaired) electrons. The van der Waals surface area contributed by atoms with Crippen LogP contribution in [-0.2, 0) is 11.2 Å². The van der Waals surface area contributed by atoms with Gasteiger partial charge in [-0.05, 0) is 37.0 Å². The molecule has 1 aliphatic rings. The van der Waals surface area contributed by atoms with Crippen LogP contribution in [0.5, 0.6) is 0 Å². The molecule has 3 heteroatoms. The van der Waals surface area contributed by atoms with Crippen LogP contribution in [0, 0.1) is 11.7 Å². The lowest BCUT2D eigenvalue weighted by Gasteiger charge is -2.24. The first-order valence-electron chi connectivity index (χ1n) is 7.20. The fourth-order valence-electron chi connectivity index (χ4n) is 2.66. The molecule has 0 saturated carbocycles. The Morgan fingerprint density at radius 2 is 1.74 bits per heavy atom. The Balaban J connectivity index is 1.92. The Bertz CT molecular complexity index is 407. The zero-order valence-electron chi connectivity index (χ0n) is 11.6. The number of amides is 1. The van der Waals surface area contributed by atoms with Gasteiger partial charge in [-0.15, -0.1) is 0 Å². The van der Waals surface area contributed by atoms with Crippen molar-refractivity contribution in [3.63, 3.8) is 0 Å². The molecular formula is C16H22FNO. The molecule has 1 aromatic carbocycles. The lowest BCUT2D eigenvalue weighted by atomic mass is 9.99. The van der Waals surface area contributed by atoms with Crippen molar-refractivity contribution in [2.75, 3.05) is 13.1 Å². The van der Waals surface area contributed by atoms with E-state index >= 15 is 0 Å². The van der Waals surface area contributed by atoms with E-state index in [2.05, 4.69) is 0 Å². The average Bonchev–Trinajstić information content (AvgIpc) is 2.69. The van der Waals surface area contributed by atoms with E-state index in [0.29, 0.717) is 6.42 Å². The Morgan fingerprint density at radius 3 is 2.32 bits per heavy atom. The highest BCUT2D eigenvalue weighted by atomic mass is 19.1. The summed E-state index contributed by atoms with van der Waals surface area (Å²) in [5.74, 6) is -0.00923. The van der Waals surface area contributed by atoms with Gasteiger partial charge in [0.1, 0.15) is 5.82 Å². The first-order chi connectivity index (χ1) is 9.16. The molecule has 0 N–H and O–H groups in total. The zero-order chi connectivity index (χ0) is 13.7. The molecule has 2 nitrogen and oxygen atoms in total. The fourth-order valence-corrected chi connectivity index (χ4v) is 2.66. The maximum Gasteiger partial charge on any atom is 0.225 e. The van der Waals surface area contributed by atoms with Gasteiger partial charge in [0.05, 0.1) is 0 Å². The smallest absolute Gasteiger partial charge is 0.225 e. The van der Waals surface area contributed by atoms with Crippen LogP contribution >= 0.6 is 0 Å². The van der Waals surface area contributed by atoms with Gasteiger partial charge in [-0.25, -0.2) is 4.39 Å². The van der Waals surface area contributed by atoms with Gasteiger partial charge in [0.2, 0.25) is 5.91 Å². The zero-order valence-corrected chi connectivity index (χ0v) is 11.6. The second-order valence-electron chi connectivity index (χ2n) is 5.47. The summed E-state index contributed by atoms with van der Waals surface area (Å²) in [6, 6.07) is 6.44. The Kier molecular flexibility index (Phi) is 4.94. The Labute approximate surface area is 114 Å². The van der Waals surface area contributed by atoms with Crippen molar-refractivity contribution in [3.8, 4) is 0 Å². The molecule has 0 spiro atoms. The van der Waals surface area contributed by atoms with Crippen LogP contribution in [0.1, 0.15) is 38.2 Å². The second-order valence-corrected chi connectivity index (χ2v) is 5.47. The fraction of sp³-hybridized carbons (Fsp3) is 0.562. The van der Waals surface area contributed by atoms with Crippen molar-refractivity contribution in [2.45, 2.75) is 39.0 Å². The molecule has 1 fully saturated rings. The van der Waals surface area contributed by atoms with Crippen molar-refractivity contribution in [1.82, 2.24) is 4.90 Å².